The highest BCUT2D eigenvalue weighted by Gasteiger charge is 2.61. The van der Waals surface area contributed by atoms with E-state index in [9.17, 15) is 24.2 Å². The molecule has 0 aromatic heterocycles. The summed E-state index contributed by atoms with van der Waals surface area (Å²) in [5, 5.41) is 20.3. The number of rotatable bonds is 7. The molecule has 194 valence electrons. The summed E-state index contributed by atoms with van der Waals surface area (Å²) < 4.78 is 13.8. The highest BCUT2D eigenvalue weighted by molar-refractivity contribution is 6.30. The van der Waals surface area contributed by atoms with Crippen LogP contribution in [0.3, 0.4) is 0 Å². The summed E-state index contributed by atoms with van der Waals surface area (Å²) >= 11 is 6.14. The lowest BCUT2D eigenvalue weighted by Gasteiger charge is -2.38. The van der Waals surface area contributed by atoms with Gasteiger partial charge in [0.05, 0.1) is 24.2 Å². The van der Waals surface area contributed by atoms with Crippen LogP contribution < -0.4 is 4.90 Å². The van der Waals surface area contributed by atoms with Gasteiger partial charge in [0.25, 0.3) is 0 Å². The van der Waals surface area contributed by atoms with Gasteiger partial charge in [-0.3, -0.25) is 9.69 Å². The van der Waals surface area contributed by atoms with Crippen molar-refractivity contribution in [3.8, 4) is 0 Å². The number of halogens is 2. The maximum absolute atomic E-state index is 13.9. The number of carbonyl (C=O) groups excluding carboxylic acids is 2. The summed E-state index contributed by atoms with van der Waals surface area (Å²) in [6.45, 7) is 5.96. The predicted molar refractivity (Wildman–Crippen MR) is 136 cm³/mol. The zero-order valence-electron chi connectivity index (χ0n) is 20.8. The molecule has 2 heterocycles. The fourth-order valence-electron chi connectivity index (χ4n) is 5.46. The standard InChI is InChI=1S/C27H33ClFN3O4/c1-18(2)12-31-15-27(32(25(31)36)22-10-6-20(28)7-11-22)14-30(24(35)26(3,16-33)17-34)13-23(27)19-4-8-21(29)9-5-19/h4-11,18,23,33-34H,12-17H2,1-3H3/t23-,27-/m1/s1. The van der Waals surface area contributed by atoms with E-state index in [-0.39, 0.29) is 42.7 Å². The number of aliphatic hydroxyl groups excluding tert-OH is 2. The van der Waals surface area contributed by atoms with Crippen molar-refractivity contribution < 1.29 is 24.2 Å². The molecule has 2 aromatic carbocycles. The Hall–Kier alpha value is -2.68. The first-order chi connectivity index (χ1) is 17.0. The molecule has 1 spiro atoms. The fourth-order valence-corrected chi connectivity index (χ4v) is 5.58. The smallest absolute Gasteiger partial charge is 0.325 e. The van der Waals surface area contributed by atoms with Crippen LogP contribution in [0, 0.1) is 17.2 Å². The molecule has 2 atom stereocenters. The van der Waals surface area contributed by atoms with Gasteiger partial charge < -0.3 is 20.0 Å². The molecule has 2 saturated heterocycles. The number of hydrogen-bond acceptors (Lipinski definition) is 4. The van der Waals surface area contributed by atoms with Crippen molar-refractivity contribution in [2.24, 2.45) is 11.3 Å². The molecule has 0 radical (unpaired) electrons. The summed E-state index contributed by atoms with van der Waals surface area (Å²) in [5.74, 6) is -0.861. The van der Waals surface area contributed by atoms with Gasteiger partial charge in [0.1, 0.15) is 5.82 Å². The number of urea groups is 1. The van der Waals surface area contributed by atoms with Crippen molar-refractivity contribution >= 4 is 29.2 Å². The third kappa shape index (κ3) is 4.58. The maximum Gasteiger partial charge on any atom is 0.325 e. The summed E-state index contributed by atoms with van der Waals surface area (Å²) in [5.41, 5.74) is -0.743. The minimum absolute atomic E-state index is 0.167. The molecule has 0 bridgehead atoms. The van der Waals surface area contributed by atoms with Crippen molar-refractivity contribution in [3.63, 3.8) is 0 Å². The van der Waals surface area contributed by atoms with Gasteiger partial charge in [-0.25, -0.2) is 9.18 Å². The van der Waals surface area contributed by atoms with E-state index in [0.29, 0.717) is 23.8 Å². The monoisotopic (exact) mass is 517 g/mol. The first-order valence-electron chi connectivity index (χ1n) is 12.2. The van der Waals surface area contributed by atoms with Gasteiger partial charge in [-0.1, -0.05) is 37.6 Å². The van der Waals surface area contributed by atoms with E-state index in [1.54, 1.807) is 51.1 Å². The Balaban J connectivity index is 1.86. The van der Waals surface area contributed by atoms with Crippen LogP contribution in [0.1, 0.15) is 32.3 Å². The number of aliphatic hydroxyl groups is 2. The number of anilines is 1. The van der Waals surface area contributed by atoms with Gasteiger partial charge in [0, 0.05) is 42.8 Å². The Morgan fingerprint density at radius 2 is 1.72 bits per heavy atom. The van der Waals surface area contributed by atoms with Crippen LogP contribution in [0.5, 0.6) is 0 Å². The van der Waals surface area contributed by atoms with E-state index >= 15 is 0 Å². The Morgan fingerprint density at radius 3 is 2.28 bits per heavy atom. The molecule has 0 unspecified atom stereocenters. The molecule has 2 fully saturated rings. The molecule has 4 rings (SSSR count). The first-order valence-corrected chi connectivity index (χ1v) is 12.5. The van der Waals surface area contributed by atoms with Crippen molar-refractivity contribution in [3.05, 3.63) is 64.9 Å². The lowest BCUT2D eigenvalue weighted by molar-refractivity contribution is -0.145. The molecule has 2 aromatic rings. The van der Waals surface area contributed by atoms with Gasteiger partial charge in [0.15, 0.2) is 0 Å². The van der Waals surface area contributed by atoms with E-state index in [2.05, 4.69) is 0 Å². The third-order valence-corrected chi connectivity index (χ3v) is 7.58. The number of carbonyl (C=O) groups is 2. The number of likely N-dealkylation sites (tertiary alicyclic amines) is 1. The van der Waals surface area contributed by atoms with Crippen LogP contribution in [0.2, 0.25) is 5.02 Å². The second-order valence-corrected chi connectivity index (χ2v) is 11.1. The summed E-state index contributed by atoms with van der Waals surface area (Å²) in [7, 11) is 0. The highest BCUT2D eigenvalue weighted by Crippen LogP contribution is 2.48. The van der Waals surface area contributed by atoms with Crippen LogP contribution >= 0.6 is 11.6 Å². The number of amides is 3. The van der Waals surface area contributed by atoms with Crippen molar-refractivity contribution in [1.82, 2.24) is 9.80 Å². The summed E-state index contributed by atoms with van der Waals surface area (Å²) in [6.07, 6.45) is 0. The molecular weight excluding hydrogens is 485 g/mol. The van der Waals surface area contributed by atoms with Crippen LogP contribution in [0.15, 0.2) is 48.5 Å². The average molecular weight is 518 g/mol. The second-order valence-electron chi connectivity index (χ2n) is 10.6. The third-order valence-electron chi connectivity index (χ3n) is 7.33. The first kappa shape index (κ1) is 26.4. The molecule has 0 aliphatic carbocycles. The average Bonchev–Trinajstić information content (AvgIpc) is 3.36. The number of benzene rings is 2. The molecule has 2 aliphatic heterocycles. The predicted octanol–water partition coefficient (Wildman–Crippen LogP) is 3.73. The Bertz CT molecular complexity index is 1110. The SMILES string of the molecule is CC(C)CN1C[C@@]2(CN(C(=O)C(C)(CO)CO)C[C@@H]2c2ccc(F)cc2)N(c2ccc(Cl)cc2)C1=O. The van der Waals surface area contributed by atoms with Crippen LogP contribution in [0.25, 0.3) is 0 Å². The Morgan fingerprint density at radius 1 is 1.11 bits per heavy atom. The van der Waals surface area contributed by atoms with Crippen molar-refractivity contribution in [2.45, 2.75) is 32.2 Å². The molecule has 36 heavy (non-hydrogen) atoms. The Labute approximate surface area is 216 Å². The van der Waals surface area contributed by atoms with Gasteiger partial charge >= 0.3 is 6.03 Å². The van der Waals surface area contributed by atoms with E-state index in [0.717, 1.165) is 5.56 Å². The normalized spacial score (nSPS) is 22.4. The van der Waals surface area contributed by atoms with Gasteiger partial charge in [-0.15, -0.1) is 0 Å². The van der Waals surface area contributed by atoms with Crippen molar-refractivity contribution in [2.75, 3.05) is 44.3 Å². The van der Waals surface area contributed by atoms with Crippen LogP contribution in [0.4, 0.5) is 14.9 Å². The molecule has 9 heteroatoms. The topological polar surface area (TPSA) is 84.3 Å². The van der Waals surface area contributed by atoms with E-state index in [1.807, 2.05) is 13.8 Å². The maximum atomic E-state index is 13.9. The lowest BCUT2D eigenvalue weighted by Crippen LogP contribution is -2.54. The summed E-state index contributed by atoms with van der Waals surface area (Å²) in [6, 6.07) is 13.0. The second kappa shape index (κ2) is 10.00. The fraction of sp³-hybridized carbons (Fsp3) is 0.481. The summed E-state index contributed by atoms with van der Waals surface area (Å²) in [4.78, 5) is 32.6. The zero-order valence-corrected chi connectivity index (χ0v) is 21.6. The van der Waals surface area contributed by atoms with E-state index in [1.165, 1.54) is 19.1 Å². The molecule has 7 nitrogen and oxygen atoms in total. The molecular formula is C27H33ClFN3O4. The zero-order chi connectivity index (χ0) is 26.3. The van der Waals surface area contributed by atoms with Crippen molar-refractivity contribution in [1.29, 1.82) is 0 Å². The van der Waals surface area contributed by atoms with Gasteiger partial charge in [-0.05, 0) is 54.8 Å². The number of hydrogen-bond donors (Lipinski definition) is 2. The minimum Gasteiger partial charge on any atom is -0.395 e. The quantitative estimate of drug-likeness (QED) is 0.586. The minimum atomic E-state index is -1.36. The van der Waals surface area contributed by atoms with Gasteiger partial charge in [0.2, 0.25) is 5.91 Å². The van der Waals surface area contributed by atoms with Crippen LogP contribution in [-0.2, 0) is 4.79 Å². The largest absolute Gasteiger partial charge is 0.395 e. The van der Waals surface area contributed by atoms with E-state index < -0.39 is 24.2 Å². The lowest BCUT2D eigenvalue weighted by atomic mass is 9.81. The molecule has 0 saturated carbocycles. The number of nitrogens with zero attached hydrogens (tertiary/aromatic N) is 3. The molecule has 3 amide bonds. The molecule has 2 aliphatic rings. The Kier molecular flexibility index (Phi) is 7.33. The molecule has 2 N–H and O–H groups in total. The van der Waals surface area contributed by atoms with E-state index in [4.69, 9.17) is 11.6 Å². The van der Waals surface area contributed by atoms with Crippen LogP contribution in [-0.4, -0.2) is 76.9 Å². The highest BCUT2D eigenvalue weighted by atomic mass is 35.5. The van der Waals surface area contributed by atoms with Gasteiger partial charge in [-0.2, -0.15) is 0 Å².